The standard InChI is InChI=1S/C23H33NO2/c1-22(2)19-12-11-16(15-25)13-18(19)20(24-23(22,3)4)14-21(26)17-9-7-5-6-8-10-17/h11-14,17,24-25H,5-10,15H2,1-4H3/b20-14+. The maximum atomic E-state index is 13.0. The van der Waals surface area contributed by atoms with Crippen LogP contribution in [0.15, 0.2) is 24.3 Å². The molecule has 1 aromatic rings. The second-order valence-electron chi connectivity index (χ2n) is 9.06. The van der Waals surface area contributed by atoms with Gasteiger partial charge in [-0.2, -0.15) is 0 Å². The third kappa shape index (κ3) is 3.46. The fourth-order valence-electron chi connectivity index (χ4n) is 4.29. The lowest BCUT2D eigenvalue weighted by molar-refractivity contribution is -0.118. The van der Waals surface area contributed by atoms with E-state index in [1.807, 2.05) is 18.2 Å². The van der Waals surface area contributed by atoms with Crippen molar-refractivity contribution in [1.82, 2.24) is 5.32 Å². The Hall–Kier alpha value is -1.61. The molecular formula is C23H33NO2. The van der Waals surface area contributed by atoms with Crippen LogP contribution in [0, 0.1) is 5.92 Å². The molecule has 3 heteroatoms. The van der Waals surface area contributed by atoms with Crippen LogP contribution < -0.4 is 5.32 Å². The molecule has 142 valence electrons. The summed E-state index contributed by atoms with van der Waals surface area (Å²) in [4.78, 5) is 13.0. The van der Waals surface area contributed by atoms with Gasteiger partial charge in [-0.25, -0.2) is 0 Å². The number of ketones is 1. The SMILES string of the molecule is CC1(C)N/C(=C/C(=O)C2CCCCCC2)c2cc(CO)ccc2C1(C)C. The van der Waals surface area contributed by atoms with E-state index in [1.165, 1.54) is 18.4 Å². The van der Waals surface area contributed by atoms with Crippen LogP contribution in [0.25, 0.3) is 5.70 Å². The first kappa shape index (κ1) is 19.2. The molecule has 0 amide bonds. The molecule has 0 atom stereocenters. The van der Waals surface area contributed by atoms with Gasteiger partial charge in [-0.15, -0.1) is 0 Å². The van der Waals surface area contributed by atoms with E-state index in [0.29, 0.717) is 0 Å². The molecule has 1 heterocycles. The molecule has 0 bridgehead atoms. The number of nitrogens with one attached hydrogen (secondary N) is 1. The van der Waals surface area contributed by atoms with Crippen molar-refractivity contribution in [3.05, 3.63) is 41.0 Å². The molecule has 1 fully saturated rings. The van der Waals surface area contributed by atoms with E-state index in [2.05, 4.69) is 39.1 Å². The van der Waals surface area contributed by atoms with Gasteiger partial charge in [0.1, 0.15) is 0 Å². The van der Waals surface area contributed by atoms with Crippen LogP contribution in [0.5, 0.6) is 0 Å². The summed E-state index contributed by atoms with van der Waals surface area (Å²) in [5.74, 6) is 0.416. The highest BCUT2D eigenvalue weighted by atomic mass is 16.3. The minimum absolute atomic E-state index is 0.0148. The lowest BCUT2D eigenvalue weighted by Gasteiger charge is -2.49. The van der Waals surface area contributed by atoms with Crippen molar-refractivity contribution in [2.75, 3.05) is 0 Å². The van der Waals surface area contributed by atoms with Gasteiger partial charge in [0, 0.05) is 34.2 Å². The lowest BCUT2D eigenvalue weighted by Crippen LogP contribution is -2.56. The quantitative estimate of drug-likeness (QED) is 0.609. The molecule has 3 nitrogen and oxygen atoms in total. The van der Waals surface area contributed by atoms with Crippen LogP contribution in [-0.2, 0) is 16.8 Å². The summed E-state index contributed by atoms with van der Waals surface area (Å²) in [5.41, 5.74) is 3.83. The minimum atomic E-state index is -0.170. The monoisotopic (exact) mass is 355 g/mol. The maximum absolute atomic E-state index is 13.0. The number of hydrogen-bond donors (Lipinski definition) is 2. The molecule has 1 aromatic carbocycles. The van der Waals surface area contributed by atoms with Gasteiger partial charge in [0.2, 0.25) is 0 Å². The van der Waals surface area contributed by atoms with Gasteiger partial charge in [-0.1, -0.05) is 51.7 Å². The fraction of sp³-hybridized carbons (Fsp3) is 0.609. The van der Waals surface area contributed by atoms with Crippen LogP contribution in [-0.4, -0.2) is 16.4 Å². The topological polar surface area (TPSA) is 49.3 Å². The van der Waals surface area contributed by atoms with Gasteiger partial charge in [0.05, 0.1) is 6.61 Å². The van der Waals surface area contributed by atoms with Crippen molar-refractivity contribution in [2.45, 2.75) is 83.8 Å². The second-order valence-corrected chi connectivity index (χ2v) is 9.06. The molecule has 1 aliphatic carbocycles. The maximum Gasteiger partial charge on any atom is 0.160 e. The van der Waals surface area contributed by atoms with Crippen LogP contribution >= 0.6 is 0 Å². The predicted molar refractivity (Wildman–Crippen MR) is 107 cm³/mol. The van der Waals surface area contributed by atoms with Crippen molar-refractivity contribution >= 4 is 11.5 Å². The lowest BCUT2D eigenvalue weighted by atomic mass is 9.65. The Kier molecular flexibility index (Phi) is 5.30. The van der Waals surface area contributed by atoms with E-state index in [4.69, 9.17) is 0 Å². The Labute approximate surface area is 157 Å². The molecule has 1 aliphatic heterocycles. The molecular weight excluding hydrogens is 322 g/mol. The van der Waals surface area contributed by atoms with Gasteiger partial charge in [-0.05, 0) is 43.9 Å². The summed E-state index contributed by atoms with van der Waals surface area (Å²) >= 11 is 0. The molecule has 0 aromatic heterocycles. The zero-order chi connectivity index (χ0) is 18.9. The highest BCUT2D eigenvalue weighted by Crippen LogP contribution is 2.44. The van der Waals surface area contributed by atoms with Gasteiger partial charge in [-0.3, -0.25) is 4.79 Å². The van der Waals surface area contributed by atoms with E-state index >= 15 is 0 Å². The first-order valence-electron chi connectivity index (χ1n) is 10.0. The highest BCUT2D eigenvalue weighted by Gasteiger charge is 2.44. The van der Waals surface area contributed by atoms with Crippen molar-refractivity contribution in [3.63, 3.8) is 0 Å². The Morgan fingerprint density at radius 3 is 2.42 bits per heavy atom. The zero-order valence-corrected chi connectivity index (χ0v) is 16.7. The van der Waals surface area contributed by atoms with Crippen molar-refractivity contribution in [2.24, 2.45) is 5.92 Å². The summed E-state index contributed by atoms with van der Waals surface area (Å²) in [6.45, 7) is 8.88. The molecule has 0 unspecified atom stereocenters. The Bertz CT molecular complexity index is 707. The van der Waals surface area contributed by atoms with E-state index in [0.717, 1.165) is 42.5 Å². The molecule has 2 N–H and O–H groups in total. The summed E-state index contributed by atoms with van der Waals surface area (Å²) < 4.78 is 0. The number of aliphatic hydroxyl groups excluding tert-OH is 1. The minimum Gasteiger partial charge on any atom is -0.392 e. The van der Waals surface area contributed by atoms with Gasteiger partial charge in [0.15, 0.2) is 5.78 Å². The molecule has 0 spiro atoms. The Morgan fingerprint density at radius 1 is 1.15 bits per heavy atom. The van der Waals surface area contributed by atoms with E-state index in [-0.39, 0.29) is 29.3 Å². The number of carbonyl (C=O) groups is 1. The Balaban J connectivity index is 2.02. The smallest absolute Gasteiger partial charge is 0.160 e. The number of aliphatic hydroxyl groups is 1. The van der Waals surface area contributed by atoms with Crippen LogP contribution in [0.2, 0.25) is 0 Å². The Morgan fingerprint density at radius 2 is 1.81 bits per heavy atom. The van der Waals surface area contributed by atoms with Gasteiger partial charge >= 0.3 is 0 Å². The zero-order valence-electron chi connectivity index (χ0n) is 16.7. The number of allylic oxidation sites excluding steroid dienone is 1. The number of rotatable bonds is 3. The average molecular weight is 356 g/mol. The summed E-state index contributed by atoms with van der Waals surface area (Å²) in [7, 11) is 0. The molecule has 3 rings (SSSR count). The molecule has 1 saturated carbocycles. The average Bonchev–Trinajstić information content (AvgIpc) is 2.88. The molecule has 2 aliphatic rings. The van der Waals surface area contributed by atoms with Crippen molar-refractivity contribution in [1.29, 1.82) is 0 Å². The largest absolute Gasteiger partial charge is 0.392 e. The third-order valence-corrected chi connectivity index (χ3v) is 6.78. The summed E-state index contributed by atoms with van der Waals surface area (Å²) in [6.07, 6.45) is 8.70. The van der Waals surface area contributed by atoms with Crippen LogP contribution in [0.1, 0.15) is 82.9 Å². The summed E-state index contributed by atoms with van der Waals surface area (Å²) in [5, 5.41) is 13.2. The molecule has 0 saturated heterocycles. The summed E-state index contributed by atoms with van der Waals surface area (Å²) in [6, 6.07) is 6.14. The normalized spacial score (nSPS) is 23.8. The van der Waals surface area contributed by atoms with Gasteiger partial charge < -0.3 is 10.4 Å². The van der Waals surface area contributed by atoms with Crippen molar-refractivity contribution in [3.8, 4) is 0 Å². The highest BCUT2D eigenvalue weighted by molar-refractivity contribution is 5.98. The first-order valence-corrected chi connectivity index (χ1v) is 10.0. The van der Waals surface area contributed by atoms with Crippen LogP contribution in [0.3, 0.4) is 0 Å². The number of benzene rings is 1. The van der Waals surface area contributed by atoms with Crippen LogP contribution in [0.4, 0.5) is 0 Å². The molecule has 0 radical (unpaired) electrons. The second kappa shape index (κ2) is 7.19. The molecule has 26 heavy (non-hydrogen) atoms. The third-order valence-electron chi connectivity index (χ3n) is 6.78. The number of hydrogen-bond acceptors (Lipinski definition) is 3. The predicted octanol–water partition coefficient (Wildman–Crippen LogP) is 4.72. The fourth-order valence-corrected chi connectivity index (χ4v) is 4.29. The van der Waals surface area contributed by atoms with Gasteiger partial charge in [0.25, 0.3) is 0 Å². The van der Waals surface area contributed by atoms with Crippen molar-refractivity contribution < 1.29 is 9.90 Å². The van der Waals surface area contributed by atoms with E-state index in [9.17, 15) is 9.90 Å². The number of fused-ring (bicyclic) bond motifs is 1. The first-order chi connectivity index (χ1) is 12.3. The van der Waals surface area contributed by atoms with E-state index < -0.39 is 0 Å². The number of carbonyl (C=O) groups excluding carboxylic acids is 1. The van der Waals surface area contributed by atoms with E-state index in [1.54, 1.807) is 0 Å².